The fourth-order valence-corrected chi connectivity index (χ4v) is 5.73. The van der Waals surface area contributed by atoms with Crippen LogP contribution in [0.15, 0.2) is 83.8 Å². The number of aliphatic hydroxyl groups is 1. The lowest BCUT2D eigenvalue weighted by Gasteiger charge is -2.36. The van der Waals surface area contributed by atoms with Gasteiger partial charge in [-0.1, -0.05) is 79.6 Å². The number of hydrogen-bond donors (Lipinski definition) is 4. The minimum atomic E-state index is -0.519. The van der Waals surface area contributed by atoms with Gasteiger partial charge in [-0.05, 0) is 41.7 Å². The summed E-state index contributed by atoms with van der Waals surface area (Å²) in [5.41, 5.74) is 5.47. The predicted molar refractivity (Wildman–Crippen MR) is 162 cm³/mol. The molecule has 0 bridgehead atoms. The van der Waals surface area contributed by atoms with Crippen LogP contribution in [0.4, 0.5) is 0 Å². The van der Waals surface area contributed by atoms with Crippen LogP contribution in [0.25, 0.3) is 0 Å². The summed E-state index contributed by atoms with van der Waals surface area (Å²) in [6.45, 7) is 0.451. The van der Waals surface area contributed by atoms with Gasteiger partial charge >= 0.3 is 0 Å². The van der Waals surface area contributed by atoms with Gasteiger partial charge in [0, 0.05) is 42.0 Å². The Morgan fingerprint density at radius 2 is 1.43 bits per heavy atom. The second-order valence-electron chi connectivity index (χ2n) is 10.4. The maximum atomic E-state index is 12.3. The molecule has 224 valence electrons. The molecular formula is C33H40N2O6S. The van der Waals surface area contributed by atoms with Gasteiger partial charge in [-0.3, -0.25) is 14.8 Å². The van der Waals surface area contributed by atoms with E-state index in [1.807, 2.05) is 66.7 Å². The fraction of sp³-hybridized carbons (Fsp3) is 0.394. The van der Waals surface area contributed by atoms with Gasteiger partial charge in [0.15, 0.2) is 6.29 Å². The first kappa shape index (κ1) is 31.7. The van der Waals surface area contributed by atoms with Crippen molar-refractivity contribution in [1.29, 1.82) is 0 Å². The third kappa shape index (κ3) is 10.3. The van der Waals surface area contributed by atoms with Crippen molar-refractivity contribution < 1.29 is 29.4 Å². The zero-order valence-electron chi connectivity index (χ0n) is 23.7. The molecule has 3 atom stereocenters. The number of hydroxylamine groups is 1. The number of hydrogen-bond acceptors (Lipinski definition) is 7. The molecule has 9 heteroatoms. The average Bonchev–Trinajstić information content (AvgIpc) is 3.04. The molecule has 0 aliphatic carbocycles. The van der Waals surface area contributed by atoms with Crippen LogP contribution in [0.3, 0.4) is 0 Å². The summed E-state index contributed by atoms with van der Waals surface area (Å²) < 4.78 is 12.9. The Morgan fingerprint density at radius 3 is 2.10 bits per heavy atom. The van der Waals surface area contributed by atoms with Gasteiger partial charge in [-0.2, -0.15) is 0 Å². The van der Waals surface area contributed by atoms with Crippen LogP contribution >= 0.6 is 11.8 Å². The first-order valence-corrected chi connectivity index (χ1v) is 15.5. The fourth-order valence-electron chi connectivity index (χ4n) is 4.79. The first-order valence-electron chi connectivity index (χ1n) is 14.5. The highest BCUT2D eigenvalue weighted by Gasteiger charge is 2.32. The highest BCUT2D eigenvalue weighted by atomic mass is 32.2. The van der Waals surface area contributed by atoms with Gasteiger partial charge in [-0.25, -0.2) is 5.48 Å². The number of carbonyl (C=O) groups is 2. The lowest BCUT2D eigenvalue weighted by molar-refractivity contribution is -0.245. The smallest absolute Gasteiger partial charge is 0.243 e. The van der Waals surface area contributed by atoms with Gasteiger partial charge in [0.25, 0.3) is 0 Å². The van der Waals surface area contributed by atoms with Crippen LogP contribution in [-0.4, -0.2) is 34.0 Å². The van der Waals surface area contributed by atoms with Gasteiger partial charge in [0.2, 0.25) is 11.8 Å². The Bertz CT molecular complexity index is 1240. The first-order chi connectivity index (χ1) is 20.5. The summed E-state index contributed by atoms with van der Waals surface area (Å²) >= 11 is 1.77. The summed E-state index contributed by atoms with van der Waals surface area (Å²) in [5, 5.41) is 20.9. The summed E-state index contributed by atoms with van der Waals surface area (Å²) in [4.78, 5) is 24.5. The number of nitrogens with one attached hydrogen (secondary N) is 2. The van der Waals surface area contributed by atoms with Crippen LogP contribution in [0, 0.1) is 0 Å². The van der Waals surface area contributed by atoms with Gasteiger partial charge in [-0.15, -0.1) is 11.8 Å². The number of benzene rings is 3. The summed E-state index contributed by atoms with van der Waals surface area (Å²) in [6.07, 6.45) is 3.96. The molecule has 0 spiro atoms. The predicted octanol–water partition coefficient (Wildman–Crippen LogP) is 5.98. The van der Waals surface area contributed by atoms with Crippen LogP contribution in [0.2, 0.25) is 0 Å². The second kappa shape index (κ2) is 17.0. The Kier molecular flexibility index (Phi) is 12.9. The lowest BCUT2D eigenvalue weighted by atomic mass is 10.0. The molecular weight excluding hydrogens is 552 g/mol. The van der Waals surface area contributed by atoms with Crippen LogP contribution in [0.5, 0.6) is 0 Å². The Balaban J connectivity index is 1.30. The average molecular weight is 593 g/mol. The van der Waals surface area contributed by atoms with E-state index in [2.05, 4.69) is 17.4 Å². The SMILES string of the molecule is O=C(CCCCCCC(=O)NCc1ccc([C@@H]2O[C@H](CSc3ccccc3)C[C@H](c3ccc(CO)cc3)O2)cc1)NO. The molecule has 3 aromatic carbocycles. The van der Waals surface area contributed by atoms with E-state index in [9.17, 15) is 14.7 Å². The summed E-state index contributed by atoms with van der Waals surface area (Å²) in [7, 11) is 0. The van der Waals surface area contributed by atoms with Crippen LogP contribution in [-0.2, 0) is 32.2 Å². The quantitative estimate of drug-likeness (QED) is 0.0743. The van der Waals surface area contributed by atoms with E-state index in [1.54, 1.807) is 17.2 Å². The zero-order valence-corrected chi connectivity index (χ0v) is 24.6. The Hall–Kier alpha value is -3.21. The molecule has 42 heavy (non-hydrogen) atoms. The normalized spacial score (nSPS) is 18.4. The van der Waals surface area contributed by atoms with E-state index in [1.165, 1.54) is 4.90 Å². The highest BCUT2D eigenvalue weighted by molar-refractivity contribution is 7.99. The van der Waals surface area contributed by atoms with Crippen molar-refractivity contribution in [2.45, 2.75) is 81.5 Å². The molecule has 4 rings (SSSR count). The molecule has 0 unspecified atom stereocenters. The standard InChI is InChI=1S/C33H40N2O6S/c36-22-25-14-16-26(17-15-25)30-20-28(23-42-29-8-4-3-5-9-29)40-33(41-30)27-18-12-24(13-19-27)21-34-31(37)10-6-1-2-7-11-32(38)35-39/h3-5,8-9,12-19,28,30,33,36,39H,1-2,6-7,10-11,20-23H2,(H,34,37)(H,35,38)/t28-,30+,33+/m0/s1. The molecule has 1 aliphatic heterocycles. The van der Waals surface area contributed by atoms with Crippen molar-refractivity contribution in [1.82, 2.24) is 10.8 Å². The minimum absolute atomic E-state index is 0.0000544. The molecule has 0 aromatic heterocycles. The van der Waals surface area contributed by atoms with E-state index in [0.29, 0.717) is 25.8 Å². The molecule has 3 aromatic rings. The summed E-state index contributed by atoms with van der Waals surface area (Å²) in [6, 6.07) is 26.1. The summed E-state index contributed by atoms with van der Waals surface area (Å²) in [5.74, 6) is 0.424. The number of carbonyl (C=O) groups excluding carboxylic acids is 2. The van der Waals surface area contributed by atoms with Crippen molar-refractivity contribution in [3.8, 4) is 0 Å². The molecule has 0 saturated carbocycles. The highest BCUT2D eigenvalue weighted by Crippen LogP contribution is 2.39. The third-order valence-corrected chi connectivity index (χ3v) is 8.36. The second-order valence-corrected chi connectivity index (χ2v) is 11.5. The number of thioether (sulfide) groups is 1. The van der Waals surface area contributed by atoms with Crippen molar-refractivity contribution in [3.05, 3.63) is 101 Å². The van der Waals surface area contributed by atoms with Crippen LogP contribution in [0.1, 0.15) is 79.6 Å². The van der Waals surface area contributed by atoms with Crippen molar-refractivity contribution >= 4 is 23.6 Å². The van der Waals surface area contributed by atoms with E-state index in [4.69, 9.17) is 14.7 Å². The third-order valence-electron chi connectivity index (χ3n) is 7.22. The van der Waals surface area contributed by atoms with Crippen molar-refractivity contribution in [2.75, 3.05) is 5.75 Å². The lowest BCUT2D eigenvalue weighted by Crippen LogP contribution is -2.31. The van der Waals surface area contributed by atoms with E-state index >= 15 is 0 Å². The van der Waals surface area contributed by atoms with Crippen LogP contribution < -0.4 is 10.8 Å². The monoisotopic (exact) mass is 592 g/mol. The van der Waals surface area contributed by atoms with Gasteiger partial charge in [0.1, 0.15) is 0 Å². The largest absolute Gasteiger partial charge is 0.392 e. The Labute approximate surface area is 251 Å². The maximum absolute atomic E-state index is 12.3. The van der Waals surface area contributed by atoms with E-state index in [0.717, 1.165) is 53.7 Å². The molecule has 1 fully saturated rings. The molecule has 2 amide bonds. The van der Waals surface area contributed by atoms with Gasteiger partial charge in [0.05, 0.1) is 18.8 Å². The number of aliphatic hydroxyl groups excluding tert-OH is 1. The molecule has 1 aliphatic rings. The van der Waals surface area contributed by atoms with Gasteiger partial charge < -0.3 is 19.9 Å². The molecule has 8 nitrogen and oxygen atoms in total. The number of rotatable bonds is 15. The van der Waals surface area contributed by atoms with E-state index in [-0.39, 0.29) is 30.6 Å². The molecule has 1 saturated heterocycles. The minimum Gasteiger partial charge on any atom is -0.392 e. The Morgan fingerprint density at radius 1 is 0.786 bits per heavy atom. The number of amides is 2. The number of unbranched alkanes of at least 4 members (excludes halogenated alkanes) is 3. The van der Waals surface area contributed by atoms with Crippen molar-refractivity contribution in [3.63, 3.8) is 0 Å². The zero-order chi connectivity index (χ0) is 29.6. The number of ether oxygens (including phenoxy) is 2. The molecule has 4 N–H and O–H groups in total. The topological polar surface area (TPSA) is 117 Å². The van der Waals surface area contributed by atoms with Crippen molar-refractivity contribution in [2.24, 2.45) is 0 Å². The molecule has 1 heterocycles. The maximum Gasteiger partial charge on any atom is 0.243 e. The molecule has 0 radical (unpaired) electrons. The van der Waals surface area contributed by atoms with E-state index < -0.39 is 6.29 Å².